The number of nitrogens with zero attached hydrogens (tertiary/aromatic N) is 4. The lowest BCUT2D eigenvalue weighted by molar-refractivity contribution is -0.384. The first-order valence-electron chi connectivity index (χ1n) is 11.8. The fraction of sp³-hybridized carbons (Fsp3) is 0.458. The molecule has 1 amide bonds. The standard InChI is InChI=1S/C24H30N4O8S/c1-17-22(34-2)14-18(15-23(17)35-3)24(29)26-8-6-25(7-9-26)20-5-4-19(16-21(20)28(30)31)37(32,33)27-10-12-36-13-11-27/h4-5,14-16H,6-13H2,1-3H3. The van der Waals surface area contributed by atoms with E-state index in [9.17, 15) is 23.3 Å². The van der Waals surface area contributed by atoms with Gasteiger partial charge in [-0.15, -0.1) is 0 Å². The molecular weight excluding hydrogens is 504 g/mol. The molecule has 37 heavy (non-hydrogen) atoms. The van der Waals surface area contributed by atoms with E-state index in [0.717, 1.165) is 11.6 Å². The number of amides is 1. The van der Waals surface area contributed by atoms with Gasteiger partial charge in [-0.2, -0.15) is 4.31 Å². The minimum absolute atomic E-state index is 0.124. The zero-order chi connectivity index (χ0) is 26.7. The van der Waals surface area contributed by atoms with Gasteiger partial charge in [0.15, 0.2) is 0 Å². The highest BCUT2D eigenvalue weighted by atomic mass is 32.2. The molecule has 2 aromatic rings. The van der Waals surface area contributed by atoms with Crippen molar-refractivity contribution in [2.24, 2.45) is 0 Å². The molecule has 2 fully saturated rings. The first kappa shape index (κ1) is 26.6. The minimum Gasteiger partial charge on any atom is -0.496 e. The zero-order valence-electron chi connectivity index (χ0n) is 21.0. The van der Waals surface area contributed by atoms with Crippen LogP contribution in [0.1, 0.15) is 15.9 Å². The van der Waals surface area contributed by atoms with E-state index in [2.05, 4.69) is 0 Å². The lowest BCUT2D eigenvalue weighted by atomic mass is 10.1. The molecule has 0 N–H and O–H groups in total. The largest absolute Gasteiger partial charge is 0.496 e. The first-order valence-corrected chi connectivity index (χ1v) is 13.2. The second-order valence-electron chi connectivity index (χ2n) is 8.71. The molecule has 0 aliphatic carbocycles. The third kappa shape index (κ3) is 5.33. The smallest absolute Gasteiger partial charge is 0.293 e. The highest BCUT2D eigenvalue weighted by molar-refractivity contribution is 7.89. The Bertz CT molecular complexity index is 1260. The van der Waals surface area contributed by atoms with Crippen molar-refractivity contribution in [2.75, 3.05) is 71.6 Å². The Hall–Kier alpha value is -3.42. The van der Waals surface area contributed by atoms with Gasteiger partial charge in [0.2, 0.25) is 10.0 Å². The Morgan fingerprint density at radius 2 is 1.57 bits per heavy atom. The number of morpholine rings is 1. The number of carbonyl (C=O) groups is 1. The number of carbonyl (C=O) groups excluding carboxylic acids is 1. The van der Waals surface area contributed by atoms with Crippen molar-refractivity contribution in [2.45, 2.75) is 11.8 Å². The summed E-state index contributed by atoms with van der Waals surface area (Å²) in [5.41, 5.74) is 1.24. The Balaban J connectivity index is 1.51. The van der Waals surface area contributed by atoms with Gasteiger partial charge in [0.1, 0.15) is 17.2 Å². The number of ether oxygens (including phenoxy) is 3. The van der Waals surface area contributed by atoms with Crippen LogP contribution < -0.4 is 14.4 Å². The van der Waals surface area contributed by atoms with Crippen LogP contribution in [0.15, 0.2) is 35.2 Å². The number of nitro benzene ring substituents is 1. The first-order chi connectivity index (χ1) is 17.7. The van der Waals surface area contributed by atoms with Gasteiger partial charge in [-0.25, -0.2) is 8.42 Å². The minimum atomic E-state index is -3.87. The number of piperazine rings is 1. The van der Waals surface area contributed by atoms with E-state index < -0.39 is 14.9 Å². The summed E-state index contributed by atoms with van der Waals surface area (Å²) >= 11 is 0. The summed E-state index contributed by atoms with van der Waals surface area (Å²) in [5.74, 6) is 0.894. The lowest BCUT2D eigenvalue weighted by Crippen LogP contribution is -2.49. The molecule has 0 unspecified atom stereocenters. The normalized spacial score (nSPS) is 16.9. The van der Waals surface area contributed by atoms with Gasteiger partial charge in [-0.05, 0) is 31.2 Å². The SMILES string of the molecule is COc1cc(C(=O)N2CCN(c3ccc(S(=O)(=O)N4CCOCC4)cc3[N+](=O)[O-])CC2)cc(OC)c1C. The summed E-state index contributed by atoms with van der Waals surface area (Å²) in [6.45, 7) is 4.18. The van der Waals surface area contributed by atoms with Crippen LogP contribution in [0.5, 0.6) is 11.5 Å². The monoisotopic (exact) mass is 534 g/mol. The van der Waals surface area contributed by atoms with Crippen molar-refractivity contribution in [3.05, 3.63) is 51.6 Å². The number of nitro groups is 1. The Morgan fingerprint density at radius 1 is 0.973 bits per heavy atom. The third-order valence-corrected chi connectivity index (χ3v) is 8.55. The number of anilines is 1. The van der Waals surface area contributed by atoms with Gasteiger partial charge in [0.25, 0.3) is 11.6 Å². The van der Waals surface area contributed by atoms with Crippen molar-refractivity contribution in [1.29, 1.82) is 0 Å². The quantitative estimate of drug-likeness (QED) is 0.386. The van der Waals surface area contributed by atoms with E-state index >= 15 is 0 Å². The fourth-order valence-corrected chi connectivity index (χ4v) is 5.98. The molecule has 0 bridgehead atoms. The van der Waals surface area contributed by atoms with Crippen molar-refractivity contribution in [3.63, 3.8) is 0 Å². The number of hydrogen-bond donors (Lipinski definition) is 0. The maximum Gasteiger partial charge on any atom is 0.293 e. The maximum absolute atomic E-state index is 13.2. The van der Waals surface area contributed by atoms with Crippen molar-refractivity contribution < 1.29 is 32.3 Å². The number of hydrogen-bond acceptors (Lipinski definition) is 9. The molecule has 2 aliphatic rings. The molecule has 0 spiro atoms. The van der Waals surface area contributed by atoms with E-state index in [1.165, 1.54) is 30.7 Å². The van der Waals surface area contributed by atoms with E-state index in [4.69, 9.17) is 14.2 Å². The molecular formula is C24H30N4O8S. The fourth-order valence-electron chi connectivity index (χ4n) is 4.56. The van der Waals surface area contributed by atoms with Crippen LogP contribution in [0.2, 0.25) is 0 Å². The average molecular weight is 535 g/mol. The highest BCUT2D eigenvalue weighted by Crippen LogP contribution is 2.34. The molecule has 200 valence electrons. The summed E-state index contributed by atoms with van der Waals surface area (Å²) in [5, 5.41) is 11.9. The molecule has 0 saturated carbocycles. The molecule has 2 heterocycles. The van der Waals surface area contributed by atoms with Gasteiger partial charge >= 0.3 is 0 Å². The number of sulfonamides is 1. The maximum atomic E-state index is 13.2. The molecule has 2 aliphatic heterocycles. The molecule has 4 rings (SSSR count). The van der Waals surface area contributed by atoms with Gasteiger partial charge < -0.3 is 24.0 Å². The van der Waals surface area contributed by atoms with Crippen LogP contribution in [0.25, 0.3) is 0 Å². The summed E-state index contributed by atoms with van der Waals surface area (Å²) in [4.78, 5) is 27.8. The van der Waals surface area contributed by atoms with E-state index in [0.29, 0.717) is 48.9 Å². The van der Waals surface area contributed by atoms with Gasteiger partial charge in [-0.3, -0.25) is 14.9 Å². The topological polar surface area (TPSA) is 132 Å². The van der Waals surface area contributed by atoms with Gasteiger partial charge in [0.05, 0.1) is 37.3 Å². The molecule has 13 heteroatoms. The molecule has 2 saturated heterocycles. The summed E-state index contributed by atoms with van der Waals surface area (Å²) in [6, 6.07) is 7.33. The second-order valence-corrected chi connectivity index (χ2v) is 10.6. The second kappa shape index (κ2) is 10.9. The van der Waals surface area contributed by atoms with Gasteiger partial charge in [0, 0.05) is 56.5 Å². The number of benzene rings is 2. The van der Waals surface area contributed by atoms with E-state index in [-0.39, 0.29) is 42.8 Å². The predicted octanol–water partition coefficient (Wildman–Crippen LogP) is 1.90. The van der Waals surface area contributed by atoms with E-state index in [1.807, 2.05) is 6.92 Å². The lowest BCUT2D eigenvalue weighted by Gasteiger charge is -2.36. The summed E-state index contributed by atoms with van der Waals surface area (Å²) in [7, 11) is -0.820. The van der Waals surface area contributed by atoms with Gasteiger partial charge in [-0.1, -0.05) is 0 Å². The van der Waals surface area contributed by atoms with Crippen LogP contribution in [-0.4, -0.2) is 95.2 Å². The molecule has 0 aromatic heterocycles. The summed E-state index contributed by atoms with van der Waals surface area (Å²) in [6.07, 6.45) is 0. The molecule has 2 aromatic carbocycles. The molecule has 12 nitrogen and oxygen atoms in total. The molecule has 0 radical (unpaired) electrons. The van der Waals surface area contributed by atoms with Crippen molar-refractivity contribution in [3.8, 4) is 11.5 Å². The van der Waals surface area contributed by atoms with Crippen LogP contribution >= 0.6 is 0 Å². The van der Waals surface area contributed by atoms with Crippen LogP contribution in [0.4, 0.5) is 11.4 Å². The van der Waals surface area contributed by atoms with Crippen molar-refractivity contribution in [1.82, 2.24) is 9.21 Å². The Kier molecular flexibility index (Phi) is 7.85. The van der Waals surface area contributed by atoms with Crippen molar-refractivity contribution >= 4 is 27.3 Å². The highest BCUT2D eigenvalue weighted by Gasteiger charge is 2.31. The number of rotatable bonds is 7. The van der Waals surface area contributed by atoms with Crippen LogP contribution in [0, 0.1) is 17.0 Å². The number of methoxy groups -OCH3 is 2. The van der Waals surface area contributed by atoms with Crippen LogP contribution in [-0.2, 0) is 14.8 Å². The van der Waals surface area contributed by atoms with Crippen LogP contribution in [0.3, 0.4) is 0 Å². The third-order valence-electron chi connectivity index (χ3n) is 6.66. The Labute approximate surface area is 215 Å². The Morgan fingerprint density at radius 3 is 2.11 bits per heavy atom. The average Bonchev–Trinajstić information content (AvgIpc) is 2.93. The molecule has 0 atom stereocenters. The summed E-state index contributed by atoms with van der Waals surface area (Å²) < 4.78 is 43.2. The zero-order valence-corrected chi connectivity index (χ0v) is 21.8. The van der Waals surface area contributed by atoms with E-state index in [1.54, 1.807) is 21.9 Å². The predicted molar refractivity (Wildman–Crippen MR) is 135 cm³/mol.